The Kier molecular flexibility index (Phi) is 5.35. The summed E-state index contributed by atoms with van der Waals surface area (Å²) in [6.07, 6.45) is 0. The molecule has 0 aromatic carbocycles. The molecular formula is C18H29N3O4S. The molecule has 1 atom stereocenters. The Bertz CT molecular complexity index is 731. The lowest BCUT2D eigenvalue weighted by molar-refractivity contribution is 0.0986. The Morgan fingerprint density at radius 2 is 1.88 bits per heavy atom. The van der Waals surface area contributed by atoms with Crippen molar-refractivity contribution < 1.29 is 17.9 Å². The molecule has 8 heteroatoms. The second-order valence-corrected chi connectivity index (χ2v) is 10.3. The van der Waals surface area contributed by atoms with Crippen LogP contribution in [-0.2, 0) is 14.6 Å². The van der Waals surface area contributed by atoms with Crippen LogP contribution in [0, 0.1) is 0 Å². The molecular weight excluding hydrogens is 354 g/mol. The van der Waals surface area contributed by atoms with Crippen molar-refractivity contribution in [3.05, 3.63) is 12.1 Å². The molecule has 0 radical (unpaired) electrons. The molecule has 26 heavy (non-hydrogen) atoms. The number of anilines is 2. The van der Waals surface area contributed by atoms with E-state index in [4.69, 9.17) is 9.47 Å². The second kappa shape index (κ2) is 7.23. The van der Waals surface area contributed by atoms with Gasteiger partial charge < -0.3 is 19.3 Å². The van der Waals surface area contributed by atoms with Gasteiger partial charge in [0.1, 0.15) is 11.4 Å². The number of hydrogen-bond acceptors (Lipinski definition) is 7. The van der Waals surface area contributed by atoms with E-state index in [-0.39, 0.29) is 23.1 Å². The Balaban J connectivity index is 1.92. The van der Waals surface area contributed by atoms with Crippen LogP contribution in [0.5, 0.6) is 5.88 Å². The maximum Gasteiger partial charge on any atom is 0.217 e. The summed E-state index contributed by atoms with van der Waals surface area (Å²) in [5.41, 5.74) is 0.684. The average Bonchev–Trinajstić information content (AvgIpc) is 2.53. The van der Waals surface area contributed by atoms with E-state index in [0.29, 0.717) is 32.2 Å². The summed E-state index contributed by atoms with van der Waals surface area (Å²) >= 11 is 0. The van der Waals surface area contributed by atoms with Gasteiger partial charge in [-0.15, -0.1) is 0 Å². The van der Waals surface area contributed by atoms with Gasteiger partial charge in [-0.3, -0.25) is 0 Å². The summed E-state index contributed by atoms with van der Waals surface area (Å²) in [4.78, 5) is 8.99. The van der Waals surface area contributed by atoms with Crippen LogP contribution in [0.2, 0.25) is 0 Å². The van der Waals surface area contributed by atoms with Crippen molar-refractivity contribution in [1.29, 1.82) is 0 Å². The van der Waals surface area contributed by atoms with Gasteiger partial charge in [-0.2, -0.15) is 4.98 Å². The molecule has 7 nitrogen and oxygen atoms in total. The van der Waals surface area contributed by atoms with Crippen LogP contribution in [0.3, 0.4) is 0 Å². The lowest BCUT2D eigenvalue weighted by Crippen LogP contribution is -2.44. The van der Waals surface area contributed by atoms with E-state index in [9.17, 15) is 8.42 Å². The molecule has 0 bridgehead atoms. The van der Waals surface area contributed by atoms with E-state index in [0.717, 1.165) is 18.1 Å². The number of ether oxygens (including phenoxy) is 2. The molecule has 1 aromatic rings. The van der Waals surface area contributed by atoms with Crippen LogP contribution in [0.4, 0.5) is 11.5 Å². The first-order valence-corrected chi connectivity index (χ1v) is 11.0. The summed E-state index contributed by atoms with van der Waals surface area (Å²) in [5, 5.41) is 0. The van der Waals surface area contributed by atoms with E-state index in [1.54, 1.807) is 0 Å². The number of hydrogen-bond donors (Lipinski definition) is 0. The minimum absolute atomic E-state index is 0.169. The van der Waals surface area contributed by atoms with Gasteiger partial charge in [0.05, 0.1) is 24.7 Å². The quantitative estimate of drug-likeness (QED) is 0.787. The molecule has 0 amide bonds. The van der Waals surface area contributed by atoms with Gasteiger partial charge in [0.25, 0.3) is 0 Å². The van der Waals surface area contributed by atoms with E-state index in [1.807, 2.05) is 37.8 Å². The van der Waals surface area contributed by atoms with Crippen LogP contribution >= 0.6 is 0 Å². The van der Waals surface area contributed by atoms with Crippen molar-refractivity contribution in [2.75, 3.05) is 54.2 Å². The predicted molar refractivity (Wildman–Crippen MR) is 103 cm³/mol. The maximum absolute atomic E-state index is 11.7. The van der Waals surface area contributed by atoms with Crippen LogP contribution in [-0.4, -0.2) is 69.4 Å². The van der Waals surface area contributed by atoms with Crippen molar-refractivity contribution in [1.82, 2.24) is 4.98 Å². The highest BCUT2D eigenvalue weighted by atomic mass is 32.2. The van der Waals surface area contributed by atoms with Crippen LogP contribution < -0.4 is 14.5 Å². The molecule has 0 saturated carbocycles. The highest BCUT2D eigenvalue weighted by Crippen LogP contribution is 2.30. The average molecular weight is 384 g/mol. The summed E-state index contributed by atoms with van der Waals surface area (Å²) in [7, 11) is -2.93. The molecule has 2 saturated heterocycles. The van der Waals surface area contributed by atoms with Crippen molar-refractivity contribution in [2.45, 2.75) is 39.3 Å². The van der Waals surface area contributed by atoms with E-state index in [2.05, 4.69) is 16.8 Å². The largest absolute Gasteiger partial charge is 0.472 e. The number of pyridine rings is 1. The summed E-state index contributed by atoms with van der Waals surface area (Å²) in [6.45, 7) is 11.2. The fourth-order valence-corrected chi connectivity index (χ4v) is 4.43. The van der Waals surface area contributed by atoms with E-state index in [1.165, 1.54) is 0 Å². The third kappa shape index (κ3) is 4.79. The zero-order chi connectivity index (χ0) is 18.9. The normalized spacial score (nSPS) is 23.8. The fourth-order valence-electron chi connectivity index (χ4n) is 3.22. The first kappa shape index (κ1) is 19.2. The first-order valence-electron chi connectivity index (χ1n) is 9.14. The lowest BCUT2D eigenvalue weighted by atomic mass is 10.2. The standard InChI is InChI=1S/C18H29N3O4S/c1-14-13-24-8-5-21(14)15-11-16(19-17(12-15)25-18(2,3)4)20-6-9-26(22,23)10-7-20/h11-12,14H,5-10,13H2,1-4H3/t14-/m1/s1. The lowest BCUT2D eigenvalue weighted by Gasteiger charge is -2.36. The molecule has 0 spiro atoms. The number of nitrogens with zero attached hydrogens (tertiary/aromatic N) is 3. The minimum atomic E-state index is -2.93. The van der Waals surface area contributed by atoms with Gasteiger partial charge in [0.15, 0.2) is 9.84 Å². The third-order valence-electron chi connectivity index (χ3n) is 4.55. The van der Waals surface area contributed by atoms with Crippen molar-refractivity contribution in [2.24, 2.45) is 0 Å². The molecule has 3 rings (SSSR count). The topological polar surface area (TPSA) is 72.0 Å². The molecule has 2 aliphatic heterocycles. The number of sulfone groups is 1. The smallest absolute Gasteiger partial charge is 0.217 e. The van der Waals surface area contributed by atoms with Gasteiger partial charge in [-0.25, -0.2) is 8.42 Å². The zero-order valence-corrected chi connectivity index (χ0v) is 16.9. The van der Waals surface area contributed by atoms with Gasteiger partial charge in [-0.1, -0.05) is 0 Å². The van der Waals surface area contributed by atoms with Gasteiger partial charge in [-0.05, 0) is 27.7 Å². The molecule has 0 aliphatic carbocycles. The minimum Gasteiger partial charge on any atom is -0.472 e. The Morgan fingerprint density at radius 3 is 2.50 bits per heavy atom. The molecule has 1 aromatic heterocycles. The molecule has 0 N–H and O–H groups in total. The number of rotatable bonds is 3. The van der Waals surface area contributed by atoms with E-state index < -0.39 is 9.84 Å². The SMILES string of the molecule is C[C@@H]1COCCN1c1cc(OC(C)(C)C)nc(N2CCS(=O)(=O)CC2)c1. The second-order valence-electron chi connectivity index (χ2n) is 7.99. The van der Waals surface area contributed by atoms with Crippen LogP contribution in [0.1, 0.15) is 27.7 Å². The van der Waals surface area contributed by atoms with E-state index >= 15 is 0 Å². The Morgan fingerprint density at radius 1 is 1.19 bits per heavy atom. The molecule has 3 heterocycles. The molecule has 2 fully saturated rings. The van der Waals surface area contributed by atoms with Crippen molar-refractivity contribution in [3.8, 4) is 5.88 Å². The summed E-state index contributed by atoms with van der Waals surface area (Å²) < 4.78 is 35.1. The van der Waals surface area contributed by atoms with Gasteiger partial charge in [0, 0.05) is 43.5 Å². The maximum atomic E-state index is 11.7. The van der Waals surface area contributed by atoms with Crippen molar-refractivity contribution >= 4 is 21.3 Å². The van der Waals surface area contributed by atoms with Crippen molar-refractivity contribution in [3.63, 3.8) is 0 Å². The highest BCUT2D eigenvalue weighted by molar-refractivity contribution is 7.91. The summed E-state index contributed by atoms with van der Waals surface area (Å²) in [5.74, 6) is 1.68. The molecule has 146 valence electrons. The summed E-state index contributed by atoms with van der Waals surface area (Å²) in [6, 6.07) is 4.27. The molecule has 2 aliphatic rings. The van der Waals surface area contributed by atoms with Gasteiger partial charge >= 0.3 is 0 Å². The predicted octanol–water partition coefficient (Wildman–Crippen LogP) is 1.72. The van der Waals surface area contributed by atoms with Crippen LogP contribution in [0.25, 0.3) is 0 Å². The fraction of sp³-hybridized carbons (Fsp3) is 0.722. The monoisotopic (exact) mass is 383 g/mol. The Hall–Kier alpha value is -1.54. The number of morpholine rings is 1. The number of aromatic nitrogens is 1. The molecule has 0 unspecified atom stereocenters. The highest BCUT2D eigenvalue weighted by Gasteiger charge is 2.26. The first-order chi connectivity index (χ1) is 12.1. The van der Waals surface area contributed by atoms with Crippen LogP contribution in [0.15, 0.2) is 12.1 Å². The third-order valence-corrected chi connectivity index (χ3v) is 6.16. The zero-order valence-electron chi connectivity index (χ0n) is 16.1. The van der Waals surface area contributed by atoms with Gasteiger partial charge in [0.2, 0.25) is 5.88 Å². The Labute approximate surface area is 156 Å².